The van der Waals surface area contributed by atoms with Crippen molar-refractivity contribution in [1.82, 2.24) is 9.97 Å². The van der Waals surface area contributed by atoms with Crippen LogP contribution < -0.4 is 15.4 Å². The molecule has 3 heterocycles. The quantitative estimate of drug-likeness (QED) is 0.868. The first-order chi connectivity index (χ1) is 11.2. The number of hydrogen-bond donors (Lipinski definition) is 2. The highest BCUT2D eigenvalue weighted by atomic mass is 32.2. The van der Waals surface area contributed by atoms with Gasteiger partial charge in [0.15, 0.2) is 0 Å². The first-order valence-corrected chi connectivity index (χ1v) is 8.74. The second-order valence-electron chi connectivity index (χ2n) is 5.75. The van der Waals surface area contributed by atoms with Gasteiger partial charge in [0, 0.05) is 44.0 Å². The molecule has 4 rings (SSSR count). The number of nitrogens with zero attached hydrogens (tertiary/aromatic N) is 3. The molecule has 0 saturated carbocycles. The Morgan fingerprint density at radius 1 is 1.09 bits per heavy atom. The number of fused-ring (bicyclic) bond motifs is 1. The molecule has 0 amide bonds. The fourth-order valence-electron chi connectivity index (χ4n) is 3.05. The number of thioether (sulfide) groups is 1. The fourth-order valence-corrected chi connectivity index (χ4v) is 4.05. The number of aromatic nitrogens is 2. The molecule has 2 N–H and O–H groups in total. The van der Waals surface area contributed by atoms with E-state index < -0.39 is 0 Å². The first kappa shape index (κ1) is 14.4. The topological polar surface area (TPSA) is 72.5 Å². The first-order valence-electron chi connectivity index (χ1n) is 7.75. The van der Waals surface area contributed by atoms with Crippen LogP contribution in [0.4, 0.5) is 11.6 Å². The van der Waals surface area contributed by atoms with Crippen molar-refractivity contribution >= 4 is 23.4 Å². The van der Waals surface area contributed by atoms with E-state index >= 15 is 0 Å². The zero-order valence-corrected chi connectivity index (χ0v) is 13.5. The largest absolute Gasteiger partial charge is 0.508 e. The zero-order valence-electron chi connectivity index (χ0n) is 12.7. The molecular formula is C16H18N4O2S. The number of benzene rings is 1. The molecule has 0 aliphatic carbocycles. The van der Waals surface area contributed by atoms with Gasteiger partial charge in [0.1, 0.15) is 5.75 Å². The smallest absolute Gasteiger partial charge is 0.266 e. The van der Waals surface area contributed by atoms with Crippen LogP contribution in [0.5, 0.6) is 5.75 Å². The van der Waals surface area contributed by atoms with Crippen LogP contribution in [0.1, 0.15) is 5.69 Å². The van der Waals surface area contributed by atoms with E-state index in [0.717, 1.165) is 54.6 Å². The predicted molar refractivity (Wildman–Crippen MR) is 91.8 cm³/mol. The molecule has 0 bridgehead atoms. The molecule has 7 heteroatoms. The minimum Gasteiger partial charge on any atom is -0.508 e. The van der Waals surface area contributed by atoms with E-state index in [1.807, 2.05) is 12.1 Å². The van der Waals surface area contributed by atoms with E-state index in [0.29, 0.717) is 5.95 Å². The summed E-state index contributed by atoms with van der Waals surface area (Å²) in [5, 5.41) is 9.38. The second-order valence-corrected chi connectivity index (χ2v) is 6.86. The van der Waals surface area contributed by atoms with Crippen molar-refractivity contribution < 1.29 is 5.11 Å². The zero-order chi connectivity index (χ0) is 15.8. The lowest BCUT2D eigenvalue weighted by atomic mass is 10.2. The van der Waals surface area contributed by atoms with Gasteiger partial charge in [0.05, 0.1) is 10.6 Å². The Labute approximate surface area is 138 Å². The standard InChI is InChI=1S/C16H18N4O2S/c21-12-3-1-11(2-4-12)19-6-8-20(9-7-19)16-17-13-5-10-23-14(13)15(22)18-16/h1-4,21H,5-10H2,(H,17,18,22). The van der Waals surface area contributed by atoms with Crippen molar-refractivity contribution in [1.29, 1.82) is 0 Å². The Kier molecular flexibility index (Phi) is 3.65. The molecule has 1 aromatic heterocycles. The summed E-state index contributed by atoms with van der Waals surface area (Å²) in [6.07, 6.45) is 0.879. The van der Waals surface area contributed by atoms with Crippen LogP contribution >= 0.6 is 11.8 Å². The highest BCUT2D eigenvalue weighted by Crippen LogP contribution is 2.27. The number of rotatable bonds is 2. The number of phenolic OH excluding ortho intramolecular Hbond substituents is 1. The van der Waals surface area contributed by atoms with Gasteiger partial charge in [0.2, 0.25) is 5.95 Å². The Morgan fingerprint density at radius 3 is 2.52 bits per heavy atom. The van der Waals surface area contributed by atoms with Gasteiger partial charge in [-0.2, -0.15) is 0 Å². The van der Waals surface area contributed by atoms with E-state index in [1.165, 1.54) is 0 Å². The van der Waals surface area contributed by atoms with E-state index in [4.69, 9.17) is 0 Å². The molecule has 6 nitrogen and oxygen atoms in total. The molecule has 2 aliphatic rings. The van der Waals surface area contributed by atoms with Gasteiger partial charge in [-0.1, -0.05) is 0 Å². The fraction of sp³-hybridized carbons (Fsp3) is 0.375. The molecule has 2 aromatic rings. The molecular weight excluding hydrogens is 312 g/mol. The van der Waals surface area contributed by atoms with E-state index in [1.54, 1.807) is 23.9 Å². The number of aromatic hydroxyl groups is 1. The summed E-state index contributed by atoms with van der Waals surface area (Å²) in [6.45, 7) is 3.35. The molecule has 23 heavy (non-hydrogen) atoms. The van der Waals surface area contributed by atoms with Crippen LogP contribution in [-0.2, 0) is 6.42 Å². The minimum atomic E-state index is -0.00605. The van der Waals surface area contributed by atoms with E-state index in [9.17, 15) is 9.90 Å². The summed E-state index contributed by atoms with van der Waals surface area (Å²) >= 11 is 1.60. The van der Waals surface area contributed by atoms with Crippen LogP contribution in [0.2, 0.25) is 0 Å². The van der Waals surface area contributed by atoms with Gasteiger partial charge in [-0.15, -0.1) is 11.8 Å². The lowest BCUT2D eigenvalue weighted by molar-refractivity contribution is 0.475. The van der Waals surface area contributed by atoms with Crippen molar-refractivity contribution in [2.75, 3.05) is 41.7 Å². The lowest BCUT2D eigenvalue weighted by Crippen LogP contribution is -2.47. The Bertz CT molecular complexity index is 767. The number of aryl methyl sites for hydroxylation is 1. The highest BCUT2D eigenvalue weighted by Gasteiger charge is 2.23. The predicted octanol–water partition coefficient (Wildman–Crippen LogP) is 1.45. The van der Waals surface area contributed by atoms with Gasteiger partial charge in [-0.25, -0.2) is 4.98 Å². The van der Waals surface area contributed by atoms with Gasteiger partial charge < -0.3 is 14.9 Å². The number of aromatic amines is 1. The summed E-state index contributed by atoms with van der Waals surface area (Å²) in [6, 6.07) is 7.27. The normalized spacial score (nSPS) is 17.4. The summed E-state index contributed by atoms with van der Waals surface area (Å²) in [7, 11) is 0. The Morgan fingerprint density at radius 2 is 1.78 bits per heavy atom. The van der Waals surface area contributed by atoms with Gasteiger partial charge >= 0.3 is 0 Å². The Balaban J connectivity index is 1.48. The Hall–Kier alpha value is -2.15. The maximum atomic E-state index is 12.1. The van der Waals surface area contributed by atoms with Crippen LogP contribution in [0, 0.1) is 0 Å². The SMILES string of the molecule is O=c1[nH]c(N2CCN(c3ccc(O)cc3)CC2)nc2c1SCC2. The average molecular weight is 330 g/mol. The number of nitrogens with one attached hydrogen (secondary N) is 1. The van der Waals surface area contributed by atoms with Gasteiger partial charge in [-0.05, 0) is 24.3 Å². The molecule has 2 aliphatic heterocycles. The minimum absolute atomic E-state index is 0.00605. The van der Waals surface area contributed by atoms with Gasteiger partial charge in [0.25, 0.3) is 5.56 Å². The molecule has 0 atom stereocenters. The number of hydrogen-bond acceptors (Lipinski definition) is 6. The summed E-state index contributed by atoms with van der Waals surface area (Å²) in [4.78, 5) is 24.9. The number of anilines is 2. The monoisotopic (exact) mass is 330 g/mol. The second kappa shape index (κ2) is 5.81. The van der Waals surface area contributed by atoms with Gasteiger partial charge in [-0.3, -0.25) is 9.78 Å². The van der Waals surface area contributed by atoms with Crippen molar-refractivity contribution in [2.45, 2.75) is 11.3 Å². The number of H-pyrrole nitrogens is 1. The molecule has 1 saturated heterocycles. The van der Waals surface area contributed by atoms with Crippen molar-refractivity contribution in [3.8, 4) is 5.75 Å². The maximum Gasteiger partial charge on any atom is 0.266 e. The van der Waals surface area contributed by atoms with Crippen molar-refractivity contribution in [2.24, 2.45) is 0 Å². The maximum absolute atomic E-state index is 12.1. The third-order valence-electron chi connectivity index (χ3n) is 4.31. The highest BCUT2D eigenvalue weighted by molar-refractivity contribution is 7.99. The average Bonchev–Trinajstić information content (AvgIpc) is 3.05. The number of piperazine rings is 1. The lowest BCUT2D eigenvalue weighted by Gasteiger charge is -2.36. The third-order valence-corrected chi connectivity index (χ3v) is 5.43. The molecule has 0 spiro atoms. The van der Waals surface area contributed by atoms with Crippen molar-refractivity contribution in [3.05, 3.63) is 40.3 Å². The van der Waals surface area contributed by atoms with Crippen LogP contribution in [0.15, 0.2) is 34.0 Å². The molecule has 0 unspecified atom stereocenters. The van der Waals surface area contributed by atoms with Crippen LogP contribution in [0.3, 0.4) is 0 Å². The summed E-state index contributed by atoms with van der Waals surface area (Å²) in [5.41, 5.74) is 2.04. The molecule has 120 valence electrons. The van der Waals surface area contributed by atoms with Crippen LogP contribution in [0.25, 0.3) is 0 Å². The summed E-state index contributed by atoms with van der Waals surface area (Å²) < 4.78 is 0. The van der Waals surface area contributed by atoms with E-state index in [2.05, 4.69) is 19.8 Å². The molecule has 1 fully saturated rings. The van der Waals surface area contributed by atoms with E-state index in [-0.39, 0.29) is 11.3 Å². The molecule has 1 aromatic carbocycles. The van der Waals surface area contributed by atoms with Crippen LogP contribution in [-0.4, -0.2) is 47.0 Å². The van der Waals surface area contributed by atoms with Crippen molar-refractivity contribution in [3.63, 3.8) is 0 Å². The third kappa shape index (κ3) is 2.76. The number of phenols is 1. The molecule has 0 radical (unpaired) electrons. The summed E-state index contributed by atoms with van der Waals surface area (Å²) in [5.74, 6) is 1.93.